The van der Waals surface area contributed by atoms with Gasteiger partial charge in [-0.1, -0.05) is 25.5 Å². The second-order valence-corrected chi connectivity index (χ2v) is 6.86. The van der Waals surface area contributed by atoms with Crippen molar-refractivity contribution in [3.05, 3.63) is 65.0 Å². The van der Waals surface area contributed by atoms with Gasteiger partial charge in [0.1, 0.15) is 0 Å². The van der Waals surface area contributed by atoms with Gasteiger partial charge < -0.3 is 0 Å². The first-order valence-corrected chi connectivity index (χ1v) is 8.54. The molecule has 3 nitrogen and oxygen atoms in total. The standard InChI is InChI=1S/C16H16F3NO2S/c1-2-3-11-4-6-13(7-5-11)23(21,22)20-10-12-8-14(17)16(19)15(18)9-12/h4-9,20H,2-3,10H2,1H3. The summed E-state index contributed by atoms with van der Waals surface area (Å²) >= 11 is 0. The molecule has 0 amide bonds. The van der Waals surface area contributed by atoms with Gasteiger partial charge in [-0.15, -0.1) is 0 Å². The van der Waals surface area contributed by atoms with Gasteiger partial charge in [-0.25, -0.2) is 26.3 Å². The summed E-state index contributed by atoms with van der Waals surface area (Å²) in [5.74, 6) is -4.30. The molecule has 0 aromatic heterocycles. The van der Waals surface area contributed by atoms with E-state index in [0.29, 0.717) is 0 Å². The number of halogens is 3. The van der Waals surface area contributed by atoms with Gasteiger partial charge in [0.25, 0.3) is 0 Å². The van der Waals surface area contributed by atoms with Gasteiger partial charge >= 0.3 is 0 Å². The Morgan fingerprint density at radius 2 is 1.52 bits per heavy atom. The molecule has 2 aromatic carbocycles. The van der Waals surface area contributed by atoms with Crippen LogP contribution in [0.4, 0.5) is 13.2 Å². The van der Waals surface area contributed by atoms with E-state index >= 15 is 0 Å². The minimum Gasteiger partial charge on any atom is -0.207 e. The molecule has 23 heavy (non-hydrogen) atoms. The third-order valence-corrected chi connectivity index (χ3v) is 4.70. The van der Waals surface area contributed by atoms with E-state index in [2.05, 4.69) is 4.72 Å². The van der Waals surface area contributed by atoms with Crippen molar-refractivity contribution >= 4 is 10.0 Å². The molecule has 0 aliphatic rings. The predicted molar refractivity (Wildman–Crippen MR) is 80.8 cm³/mol. The SMILES string of the molecule is CCCc1ccc(S(=O)(=O)NCc2cc(F)c(F)c(F)c2)cc1. The van der Waals surface area contributed by atoms with Gasteiger partial charge in [-0.05, 0) is 41.8 Å². The largest absolute Gasteiger partial charge is 0.240 e. The van der Waals surface area contributed by atoms with Crippen LogP contribution < -0.4 is 4.72 Å². The lowest BCUT2D eigenvalue weighted by molar-refractivity contribution is 0.445. The lowest BCUT2D eigenvalue weighted by Crippen LogP contribution is -2.23. The van der Waals surface area contributed by atoms with Gasteiger partial charge in [0.05, 0.1) is 4.90 Å². The smallest absolute Gasteiger partial charge is 0.207 e. The lowest BCUT2D eigenvalue weighted by Gasteiger charge is -2.08. The van der Waals surface area contributed by atoms with Crippen LogP contribution in [0.2, 0.25) is 0 Å². The zero-order valence-electron chi connectivity index (χ0n) is 12.4. The maximum Gasteiger partial charge on any atom is 0.240 e. The number of sulfonamides is 1. The highest BCUT2D eigenvalue weighted by Crippen LogP contribution is 2.15. The lowest BCUT2D eigenvalue weighted by atomic mass is 10.1. The molecule has 0 saturated carbocycles. The molecule has 0 unspecified atom stereocenters. The van der Waals surface area contributed by atoms with Gasteiger partial charge in [0.15, 0.2) is 17.5 Å². The van der Waals surface area contributed by atoms with Crippen LogP contribution in [0.3, 0.4) is 0 Å². The molecule has 124 valence electrons. The molecule has 0 aliphatic heterocycles. The van der Waals surface area contributed by atoms with E-state index in [1.54, 1.807) is 12.1 Å². The average Bonchev–Trinajstić information content (AvgIpc) is 2.51. The van der Waals surface area contributed by atoms with Crippen molar-refractivity contribution in [3.63, 3.8) is 0 Å². The third-order valence-electron chi connectivity index (χ3n) is 3.28. The molecule has 0 aliphatic carbocycles. The normalized spacial score (nSPS) is 11.7. The average molecular weight is 343 g/mol. The Hall–Kier alpha value is -1.86. The summed E-state index contributed by atoms with van der Waals surface area (Å²) in [5, 5.41) is 0. The van der Waals surface area contributed by atoms with Crippen LogP contribution in [0.15, 0.2) is 41.3 Å². The van der Waals surface area contributed by atoms with Crippen LogP contribution in [0.5, 0.6) is 0 Å². The molecule has 0 atom stereocenters. The first-order valence-electron chi connectivity index (χ1n) is 7.05. The highest BCUT2D eigenvalue weighted by molar-refractivity contribution is 7.89. The summed E-state index contributed by atoms with van der Waals surface area (Å²) in [5.41, 5.74) is 1.02. The van der Waals surface area contributed by atoms with Crippen LogP contribution in [-0.2, 0) is 23.0 Å². The van der Waals surface area contributed by atoms with E-state index < -0.39 is 27.5 Å². The maximum atomic E-state index is 13.1. The zero-order chi connectivity index (χ0) is 17.0. The number of benzene rings is 2. The second-order valence-electron chi connectivity index (χ2n) is 5.09. The van der Waals surface area contributed by atoms with Crippen molar-refractivity contribution in [1.82, 2.24) is 4.72 Å². The number of nitrogens with one attached hydrogen (secondary N) is 1. The third kappa shape index (κ3) is 4.33. The Labute approximate surface area is 133 Å². The summed E-state index contributed by atoms with van der Waals surface area (Å²) in [6, 6.07) is 7.89. The monoisotopic (exact) mass is 343 g/mol. The minimum atomic E-state index is -3.81. The Morgan fingerprint density at radius 3 is 2.04 bits per heavy atom. The van der Waals surface area contributed by atoms with Crippen LogP contribution >= 0.6 is 0 Å². The first-order chi connectivity index (χ1) is 10.8. The number of hydrogen-bond donors (Lipinski definition) is 1. The highest BCUT2D eigenvalue weighted by Gasteiger charge is 2.15. The first kappa shape index (κ1) is 17.5. The molecule has 0 bridgehead atoms. The fourth-order valence-electron chi connectivity index (χ4n) is 2.10. The number of rotatable bonds is 6. The van der Waals surface area contributed by atoms with Crippen LogP contribution in [-0.4, -0.2) is 8.42 Å². The molecule has 7 heteroatoms. The van der Waals surface area contributed by atoms with Crippen molar-refractivity contribution in [3.8, 4) is 0 Å². The Kier molecular flexibility index (Phi) is 5.43. The molecular weight excluding hydrogens is 327 g/mol. The van der Waals surface area contributed by atoms with Crippen molar-refractivity contribution in [1.29, 1.82) is 0 Å². The van der Waals surface area contributed by atoms with Crippen molar-refractivity contribution in [2.75, 3.05) is 0 Å². The molecule has 0 fully saturated rings. The summed E-state index contributed by atoms with van der Waals surface area (Å²) in [7, 11) is -3.81. The predicted octanol–water partition coefficient (Wildman–Crippen LogP) is 3.53. The molecule has 0 spiro atoms. The van der Waals surface area contributed by atoms with Gasteiger partial charge in [-0.2, -0.15) is 0 Å². The fourth-order valence-corrected chi connectivity index (χ4v) is 3.11. The number of hydrogen-bond acceptors (Lipinski definition) is 2. The van der Waals surface area contributed by atoms with E-state index in [1.807, 2.05) is 6.92 Å². The van der Waals surface area contributed by atoms with E-state index in [9.17, 15) is 21.6 Å². The molecule has 0 radical (unpaired) electrons. The van der Waals surface area contributed by atoms with Crippen LogP contribution in [0.25, 0.3) is 0 Å². The minimum absolute atomic E-state index is 0.00687. The van der Waals surface area contributed by atoms with Crippen LogP contribution in [0.1, 0.15) is 24.5 Å². The fraction of sp³-hybridized carbons (Fsp3) is 0.250. The van der Waals surface area contributed by atoms with Gasteiger partial charge in [-0.3, -0.25) is 0 Å². The van der Waals surface area contributed by atoms with E-state index in [1.165, 1.54) is 12.1 Å². The summed E-state index contributed by atoms with van der Waals surface area (Å²) in [6.45, 7) is 1.68. The van der Waals surface area contributed by atoms with Crippen molar-refractivity contribution in [2.45, 2.75) is 31.2 Å². The van der Waals surface area contributed by atoms with Crippen molar-refractivity contribution < 1.29 is 21.6 Å². The summed E-state index contributed by atoms with van der Waals surface area (Å²) < 4.78 is 65.6. The van der Waals surface area contributed by atoms with Crippen molar-refractivity contribution in [2.24, 2.45) is 0 Å². The molecule has 2 rings (SSSR count). The number of aryl methyl sites for hydroxylation is 1. The highest BCUT2D eigenvalue weighted by atomic mass is 32.2. The Balaban J connectivity index is 2.12. The molecule has 0 heterocycles. The molecule has 1 N–H and O–H groups in total. The Morgan fingerprint density at radius 1 is 0.957 bits per heavy atom. The maximum absolute atomic E-state index is 13.1. The van der Waals surface area contributed by atoms with Gasteiger partial charge in [0.2, 0.25) is 10.0 Å². The Bertz CT molecular complexity index is 766. The molecular formula is C16H16F3NO2S. The quantitative estimate of drug-likeness (QED) is 0.816. The molecule has 2 aromatic rings. The summed E-state index contributed by atoms with van der Waals surface area (Å²) in [4.78, 5) is 0.0559. The zero-order valence-corrected chi connectivity index (χ0v) is 13.3. The summed E-state index contributed by atoms with van der Waals surface area (Å²) in [6.07, 6.45) is 1.80. The second kappa shape index (κ2) is 7.14. The molecule has 0 saturated heterocycles. The van der Waals surface area contributed by atoms with E-state index in [0.717, 1.165) is 30.5 Å². The van der Waals surface area contributed by atoms with Crippen LogP contribution in [0, 0.1) is 17.5 Å². The van der Waals surface area contributed by atoms with Gasteiger partial charge in [0, 0.05) is 6.54 Å². The topological polar surface area (TPSA) is 46.2 Å². The van der Waals surface area contributed by atoms with E-state index in [4.69, 9.17) is 0 Å². The van der Waals surface area contributed by atoms with E-state index in [-0.39, 0.29) is 17.0 Å².